The third-order valence-corrected chi connectivity index (χ3v) is 4.04. The predicted molar refractivity (Wildman–Crippen MR) is 72.8 cm³/mol. The maximum absolute atomic E-state index is 13.3. The van der Waals surface area contributed by atoms with Gasteiger partial charge in [-0.05, 0) is 49.9 Å². The Morgan fingerprint density at radius 1 is 1.44 bits per heavy atom. The molecule has 100 valence electrons. The highest BCUT2D eigenvalue weighted by Gasteiger charge is 2.35. The first-order valence-corrected chi connectivity index (χ1v) is 6.84. The molecule has 18 heavy (non-hydrogen) atoms. The Balaban J connectivity index is 2.16. The van der Waals surface area contributed by atoms with Gasteiger partial charge in [-0.1, -0.05) is 19.1 Å². The molecule has 2 unspecified atom stereocenters. The van der Waals surface area contributed by atoms with E-state index >= 15 is 0 Å². The fourth-order valence-electron chi connectivity index (χ4n) is 2.88. The molecule has 2 rings (SSSR count). The van der Waals surface area contributed by atoms with Gasteiger partial charge < -0.3 is 5.73 Å². The Hall–Kier alpha value is -0.930. The van der Waals surface area contributed by atoms with Crippen molar-refractivity contribution in [3.8, 4) is 0 Å². The molecule has 0 aromatic heterocycles. The molecular weight excluding hydrogens is 227 g/mol. The zero-order chi connectivity index (χ0) is 13.1. The standard InChI is InChI=1S/C15H23FN2/c1-3-14(12-5-4-6-13(16)9-12)18(2)15(10-17)11-7-8-11/h4-6,9,11,14-15H,3,7-8,10,17H2,1-2H3. The van der Waals surface area contributed by atoms with E-state index in [-0.39, 0.29) is 11.9 Å². The molecule has 1 fully saturated rings. The molecular formula is C15H23FN2. The van der Waals surface area contributed by atoms with Crippen molar-refractivity contribution in [2.75, 3.05) is 13.6 Å². The van der Waals surface area contributed by atoms with E-state index in [2.05, 4.69) is 18.9 Å². The average molecular weight is 250 g/mol. The lowest BCUT2D eigenvalue weighted by Gasteiger charge is -2.34. The van der Waals surface area contributed by atoms with Gasteiger partial charge in [-0.25, -0.2) is 4.39 Å². The van der Waals surface area contributed by atoms with Crippen LogP contribution in [-0.2, 0) is 0 Å². The van der Waals surface area contributed by atoms with E-state index < -0.39 is 0 Å². The van der Waals surface area contributed by atoms with Crippen molar-refractivity contribution in [3.05, 3.63) is 35.6 Å². The molecule has 0 amide bonds. The fourth-order valence-corrected chi connectivity index (χ4v) is 2.88. The highest BCUT2D eigenvalue weighted by molar-refractivity contribution is 5.20. The lowest BCUT2D eigenvalue weighted by Crippen LogP contribution is -2.41. The number of hydrogen-bond acceptors (Lipinski definition) is 2. The van der Waals surface area contributed by atoms with Crippen molar-refractivity contribution in [3.63, 3.8) is 0 Å². The van der Waals surface area contributed by atoms with Crippen molar-refractivity contribution in [2.45, 2.75) is 38.3 Å². The number of nitrogens with two attached hydrogens (primary N) is 1. The van der Waals surface area contributed by atoms with Crippen molar-refractivity contribution in [2.24, 2.45) is 11.7 Å². The molecule has 0 aliphatic heterocycles. The van der Waals surface area contributed by atoms with Gasteiger partial charge in [0.25, 0.3) is 0 Å². The summed E-state index contributed by atoms with van der Waals surface area (Å²) in [6, 6.07) is 7.63. The molecule has 3 heteroatoms. The Morgan fingerprint density at radius 2 is 2.17 bits per heavy atom. The van der Waals surface area contributed by atoms with Crippen molar-refractivity contribution >= 4 is 0 Å². The van der Waals surface area contributed by atoms with E-state index in [4.69, 9.17) is 5.73 Å². The van der Waals surface area contributed by atoms with Crippen LogP contribution < -0.4 is 5.73 Å². The third-order valence-electron chi connectivity index (χ3n) is 4.04. The number of benzene rings is 1. The summed E-state index contributed by atoms with van der Waals surface area (Å²) in [6.45, 7) is 2.83. The van der Waals surface area contributed by atoms with E-state index in [0.29, 0.717) is 12.6 Å². The second-order valence-electron chi connectivity index (χ2n) is 5.29. The molecule has 2 N–H and O–H groups in total. The summed E-state index contributed by atoms with van der Waals surface area (Å²) in [5.74, 6) is 0.581. The molecule has 0 spiro atoms. The largest absolute Gasteiger partial charge is 0.329 e. The second-order valence-corrected chi connectivity index (χ2v) is 5.29. The molecule has 0 bridgehead atoms. The third kappa shape index (κ3) is 2.90. The summed E-state index contributed by atoms with van der Waals surface area (Å²) < 4.78 is 13.3. The second kappa shape index (κ2) is 5.81. The molecule has 2 atom stereocenters. The Morgan fingerprint density at radius 3 is 2.67 bits per heavy atom. The maximum Gasteiger partial charge on any atom is 0.123 e. The first-order chi connectivity index (χ1) is 8.67. The Labute approximate surface area is 109 Å². The molecule has 0 radical (unpaired) electrons. The fraction of sp³-hybridized carbons (Fsp3) is 0.600. The van der Waals surface area contributed by atoms with Crippen LogP contribution in [0.5, 0.6) is 0 Å². The summed E-state index contributed by atoms with van der Waals surface area (Å²) in [4.78, 5) is 2.34. The highest BCUT2D eigenvalue weighted by Crippen LogP contribution is 2.38. The van der Waals surface area contributed by atoms with Crippen molar-refractivity contribution in [1.82, 2.24) is 4.90 Å². The number of hydrogen-bond donors (Lipinski definition) is 1. The van der Waals surface area contributed by atoms with Gasteiger partial charge in [0.05, 0.1) is 0 Å². The molecule has 1 aromatic carbocycles. The molecule has 1 aliphatic carbocycles. The first-order valence-electron chi connectivity index (χ1n) is 6.84. The molecule has 0 heterocycles. The van der Waals surface area contributed by atoms with E-state index in [1.54, 1.807) is 12.1 Å². The lowest BCUT2D eigenvalue weighted by atomic mass is 10.00. The van der Waals surface area contributed by atoms with Gasteiger partial charge in [0.15, 0.2) is 0 Å². The Bertz CT molecular complexity index is 390. The smallest absolute Gasteiger partial charge is 0.123 e. The van der Waals surface area contributed by atoms with Gasteiger partial charge >= 0.3 is 0 Å². The van der Waals surface area contributed by atoms with Gasteiger partial charge in [0.1, 0.15) is 5.82 Å². The van der Waals surface area contributed by atoms with Crippen LogP contribution in [0.25, 0.3) is 0 Å². The van der Waals surface area contributed by atoms with Crippen LogP contribution in [0.4, 0.5) is 4.39 Å². The topological polar surface area (TPSA) is 29.3 Å². The molecule has 2 nitrogen and oxygen atoms in total. The number of nitrogens with zero attached hydrogens (tertiary/aromatic N) is 1. The minimum atomic E-state index is -0.157. The normalized spacial score (nSPS) is 18.9. The Kier molecular flexibility index (Phi) is 4.36. The van der Waals surface area contributed by atoms with Crippen LogP contribution in [0.2, 0.25) is 0 Å². The van der Waals surface area contributed by atoms with Crippen LogP contribution >= 0.6 is 0 Å². The highest BCUT2D eigenvalue weighted by atomic mass is 19.1. The van der Waals surface area contributed by atoms with E-state index in [0.717, 1.165) is 17.9 Å². The van der Waals surface area contributed by atoms with Crippen LogP contribution in [-0.4, -0.2) is 24.5 Å². The van der Waals surface area contributed by atoms with E-state index in [1.807, 2.05) is 6.07 Å². The maximum atomic E-state index is 13.3. The van der Waals surface area contributed by atoms with Crippen LogP contribution in [0.15, 0.2) is 24.3 Å². The van der Waals surface area contributed by atoms with E-state index in [9.17, 15) is 4.39 Å². The summed E-state index contributed by atoms with van der Waals surface area (Å²) in [5.41, 5.74) is 6.95. The quantitative estimate of drug-likeness (QED) is 0.841. The zero-order valence-electron chi connectivity index (χ0n) is 11.3. The zero-order valence-corrected chi connectivity index (χ0v) is 11.3. The predicted octanol–water partition coefficient (Wildman–Crippen LogP) is 2.95. The minimum absolute atomic E-state index is 0.157. The van der Waals surface area contributed by atoms with Gasteiger partial charge in [-0.15, -0.1) is 0 Å². The monoisotopic (exact) mass is 250 g/mol. The van der Waals surface area contributed by atoms with Crippen LogP contribution in [0.1, 0.15) is 37.8 Å². The summed E-state index contributed by atoms with van der Waals surface area (Å²) in [6.07, 6.45) is 3.54. The molecule has 1 saturated carbocycles. The van der Waals surface area contributed by atoms with E-state index in [1.165, 1.54) is 18.9 Å². The molecule has 1 aromatic rings. The van der Waals surface area contributed by atoms with Crippen LogP contribution in [0, 0.1) is 11.7 Å². The van der Waals surface area contributed by atoms with Gasteiger partial charge in [-0.3, -0.25) is 4.90 Å². The number of likely N-dealkylation sites (N-methyl/N-ethyl adjacent to an activating group) is 1. The van der Waals surface area contributed by atoms with Gasteiger partial charge in [0, 0.05) is 18.6 Å². The lowest BCUT2D eigenvalue weighted by molar-refractivity contribution is 0.155. The van der Waals surface area contributed by atoms with Gasteiger partial charge in [0.2, 0.25) is 0 Å². The minimum Gasteiger partial charge on any atom is -0.329 e. The van der Waals surface area contributed by atoms with Gasteiger partial charge in [-0.2, -0.15) is 0 Å². The SMILES string of the molecule is CCC(c1cccc(F)c1)N(C)C(CN)C1CC1. The van der Waals surface area contributed by atoms with Crippen LogP contribution in [0.3, 0.4) is 0 Å². The number of rotatable bonds is 6. The summed E-state index contributed by atoms with van der Waals surface area (Å²) in [5, 5.41) is 0. The average Bonchev–Trinajstić information content (AvgIpc) is 3.15. The molecule has 1 aliphatic rings. The summed E-state index contributed by atoms with van der Waals surface area (Å²) in [7, 11) is 2.12. The van der Waals surface area contributed by atoms with Crippen molar-refractivity contribution in [1.29, 1.82) is 0 Å². The van der Waals surface area contributed by atoms with Crippen molar-refractivity contribution < 1.29 is 4.39 Å². The molecule has 0 saturated heterocycles. The number of halogens is 1. The summed E-state index contributed by atoms with van der Waals surface area (Å²) >= 11 is 0. The first kappa shape index (κ1) is 13.5.